The Kier molecular flexibility index (Phi) is 4.18. The van der Waals surface area contributed by atoms with Crippen LogP contribution in [0.5, 0.6) is 0 Å². The van der Waals surface area contributed by atoms with Crippen molar-refractivity contribution in [1.82, 2.24) is 10.1 Å². The summed E-state index contributed by atoms with van der Waals surface area (Å²) in [6.45, 7) is 0.414. The minimum Gasteiger partial charge on any atom is -0.339 e. The van der Waals surface area contributed by atoms with E-state index < -0.39 is 11.7 Å². The second kappa shape index (κ2) is 6.53. The first-order chi connectivity index (χ1) is 12.9. The maximum Gasteiger partial charge on any atom is 0.416 e. The molecule has 0 spiro atoms. The van der Waals surface area contributed by atoms with Crippen LogP contribution in [0.3, 0.4) is 0 Å². The molecule has 2 aromatic carbocycles. The molecule has 0 unspecified atom stereocenters. The number of hydrogen-bond acceptors (Lipinski definition) is 4. The van der Waals surface area contributed by atoms with Crippen LogP contribution in [0.1, 0.15) is 23.8 Å². The summed E-state index contributed by atoms with van der Waals surface area (Å²) in [5.41, 5.74) is 0.476. The normalized spacial score (nSPS) is 17.5. The standard InChI is InChI=1S/C19H14F3N3O2/c20-19(21,22)14-8-6-12(7-9-14)17-23-18(27-24-17)13-10-16(26)25(11-13)15-4-2-1-3-5-15/h1-9,13H,10-11H2/t13-/m0/s1. The fourth-order valence-corrected chi connectivity index (χ4v) is 3.06. The molecule has 1 amide bonds. The van der Waals surface area contributed by atoms with E-state index in [9.17, 15) is 18.0 Å². The summed E-state index contributed by atoms with van der Waals surface area (Å²) in [6.07, 6.45) is -4.16. The highest BCUT2D eigenvalue weighted by Crippen LogP contribution is 2.33. The lowest BCUT2D eigenvalue weighted by Gasteiger charge is -2.15. The number of nitrogens with zero attached hydrogens (tertiary/aromatic N) is 3. The lowest BCUT2D eigenvalue weighted by atomic mass is 10.1. The first-order valence-corrected chi connectivity index (χ1v) is 8.28. The summed E-state index contributed by atoms with van der Waals surface area (Å²) in [4.78, 5) is 18.2. The third-order valence-electron chi connectivity index (χ3n) is 4.45. The molecule has 4 rings (SSSR count). The first-order valence-electron chi connectivity index (χ1n) is 8.28. The maximum absolute atomic E-state index is 12.7. The van der Waals surface area contributed by atoms with Crippen LogP contribution in [0.25, 0.3) is 11.4 Å². The number of benzene rings is 2. The Balaban J connectivity index is 1.52. The fraction of sp³-hybridized carbons (Fsp3) is 0.211. The third kappa shape index (κ3) is 3.42. The Morgan fingerprint density at radius 3 is 2.41 bits per heavy atom. The van der Waals surface area contributed by atoms with Gasteiger partial charge in [0.15, 0.2) is 0 Å². The summed E-state index contributed by atoms with van der Waals surface area (Å²) in [5, 5.41) is 3.85. The van der Waals surface area contributed by atoms with Gasteiger partial charge >= 0.3 is 6.18 Å². The fourth-order valence-electron chi connectivity index (χ4n) is 3.06. The van der Waals surface area contributed by atoms with E-state index in [1.165, 1.54) is 12.1 Å². The Hall–Kier alpha value is -3.16. The molecule has 0 radical (unpaired) electrons. The van der Waals surface area contributed by atoms with Gasteiger partial charge in [-0.25, -0.2) is 0 Å². The van der Waals surface area contributed by atoms with Crippen LogP contribution in [0.4, 0.5) is 18.9 Å². The van der Waals surface area contributed by atoms with Gasteiger partial charge in [-0.1, -0.05) is 35.5 Å². The number of anilines is 1. The van der Waals surface area contributed by atoms with Crippen molar-refractivity contribution in [1.29, 1.82) is 0 Å². The Morgan fingerprint density at radius 2 is 1.74 bits per heavy atom. The Morgan fingerprint density at radius 1 is 1.04 bits per heavy atom. The van der Waals surface area contributed by atoms with Gasteiger partial charge in [0.25, 0.3) is 0 Å². The van der Waals surface area contributed by atoms with Crippen molar-refractivity contribution in [2.75, 3.05) is 11.4 Å². The molecule has 1 aliphatic rings. The second-order valence-corrected chi connectivity index (χ2v) is 6.27. The molecule has 1 atom stereocenters. The topological polar surface area (TPSA) is 59.2 Å². The third-order valence-corrected chi connectivity index (χ3v) is 4.45. The van der Waals surface area contributed by atoms with Gasteiger partial charge in [-0.2, -0.15) is 18.2 Å². The summed E-state index contributed by atoms with van der Waals surface area (Å²) >= 11 is 0. The smallest absolute Gasteiger partial charge is 0.339 e. The molecule has 1 fully saturated rings. The molecule has 5 nitrogen and oxygen atoms in total. The van der Waals surface area contributed by atoms with Crippen LogP contribution in [0.15, 0.2) is 59.1 Å². The Labute approximate surface area is 152 Å². The summed E-state index contributed by atoms with van der Waals surface area (Å²) < 4.78 is 43.2. The Bertz CT molecular complexity index is 952. The van der Waals surface area contributed by atoms with E-state index in [0.29, 0.717) is 18.0 Å². The highest BCUT2D eigenvalue weighted by atomic mass is 19.4. The van der Waals surface area contributed by atoms with Crippen molar-refractivity contribution in [2.24, 2.45) is 0 Å². The second-order valence-electron chi connectivity index (χ2n) is 6.27. The number of para-hydroxylation sites is 1. The molecule has 27 heavy (non-hydrogen) atoms. The maximum atomic E-state index is 12.7. The number of hydrogen-bond donors (Lipinski definition) is 0. The van der Waals surface area contributed by atoms with E-state index >= 15 is 0 Å². The van der Waals surface area contributed by atoms with Crippen molar-refractivity contribution in [3.63, 3.8) is 0 Å². The number of carbonyl (C=O) groups is 1. The summed E-state index contributed by atoms with van der Waals surface area (Å²) in [7, 11) is 0. The van der Waals surface area contributed by atoms with Gasteiger partial charge in [0.1, 0.15) is 0 Å². The van der Waals surface area contributed by atoms with Crippen molar-refractivity contribution in [3.8, 4) is 11.4 Å². The van der Waals surface area contributed by atoms with Crippen molar-refractivity contribution < 1.29 is 22.5 Å². The van der Waals surface area contributed by atoms with Gasteiger partial charge < -0.3 is 9.42 Å². The van der Waals surface area contributed by atoms with Gasteiger partial charge in [-0.3, -0.25) is 4.79 Å². The molecule has 8 heteroatoms. The van der Waals surface area contributed by atoms with E-state index in [-0.39, 0.29) is 24.1 Å². The van der Waals surface area contributed by atoms with Gasteiger partial charge in [-0.15, -0.1) is 0 Å². The number of halogens is 3. The monoisotopic (exact) mass is 373 g/mol. The molecule has 0 N–H and O–H groups in total. The predicted molar refractivity (Wildman–Crippen MR) is 90.9 cm³/mol. The van der Waals surface area contributed by atoms with Gasteiger partial charge in [0.05, 0.1) is 11.5 Å². The first kappa shape index (κ1) is 17.3. The molecule has 138 valence electrons. The number of amides is 1. The number of carbonyl (C=O) groups excluding carboxylic acids is 1. The zero-order chi connectivity index (χ0) is 19.0. The van der Waals surface area contributed by atoms with Crippen molar-refractivity contribution >= 4 is 11.6 Å². The lowest BCUT2D eigenvalue weighted by molar-refractivity contribution is -0.137. The number of alkyl halides is 3. The average molecular weight is 373 g/mol. The van der Waals surface area contributed by atoms with Crippen LogP contribution in [0.2, 0.25) is 0 Å². The highest BCUT2D eigenvalue weighted by Gasteiger charge is 2.35. The molecule has 1 aromatic heterocycles. The van der Waals surface area contributed by atoms with Crippen LogP contribution in [-0.4, -0.2) is 22.6 Å². The van der Waals surface area contributed by atoms with Crippen LogP contribution in [0, 0.1) is 0 Å². The van der Waals surface area contributed by atoms with E-state index in [1.807, 2.05) is 30.3 Å². The minimum absolute atomic E-state index is 0.0412. The van der Waals surface area contributed by atoms with Crippen molar-refractivity contribution in [2.45, 2.75) is 18.5 Å². The van der Waals surface area contributed by atoms with Gasteiger partial charge in [0.2, 0.25) is 17.6 Å². The zero-order valence-electron chi connectivity index (χ0n) is 14.0. The molecule has 3 aromatic rings. The van der Waals surface area contributed by atoms with Crippen molar-refractivity contribution in [3.05, 3.63) is 66.1 Å². The predicted octanol–water partition coefficient (Wildman–Crippen LogP) is 4.28. The summed E-state index contributed by atoms with van der Waals surface area (Å²) in [6, 6.07) is 13.8. The van der Waals surface area contributed by atoms with Gasteiger partial charge in [-0.05, 0) is 24.3 Å². The molecular weight excluding hydrogens is 359 g/mol. The number of rotatable bonds is 3. The lowest BCUT2D eigenvalue weighted by Crippen LogP contribution is -2.24. The SMILES string of the molecule is O=C1C[C@H](c2nc(-c3ccc(C(F)(F)F)cc3)no2)CN1c1ccccc1. The molecular formula is C19H14F3N3O2. The quantitative estimate of drug-likeness (QED) is 0.688. The highest BCUT2D eigenvalue weighted by molar-refractivity contribution is 5.96. The van der Waals surface area contributed by atoms with E-state index in [0.717, 1.165) is 17.8 Å². The molecule has 1 saturated heterocycles. The summed E-state index contributed by atoms with van der Waals surface area (Å²) in [5.74, 6) is 0.204. The van der Waals surface area contributed by atoms with Gasteiger partial charge in [0, 0.05) is 24.2 Å². The van der Waals surface area contributed by atoms with Crippen LogP contribution in [-0.2, 0) is 11.0 Å². The van der Waals surface area contributed by atoms with E-state index in [1.54, 1.807) is 4.90 Å². The molecule has 0 saturated carbocycles. The largest absolute Gasteiger partial charge is 0.416 e. The number of aromatic nitrogens is 2. The van der Waals surface area contributed by atoms with E-state index in [4.69, 9.17) is 4.52 Å². The van der Waals surface area contributed by atoms with E-state index in [2.05, 4.69) is 10.1 Å². The molecule has 0 bridgehead atoms. The van der Waals surface area contributed by atoms with Crippen LogP contribution >= 0.6 is 0 Å². The molecule has 1 aliphatic heterocycles. The van der Waals surface area contributed by atoms with Crippen LogP contribution < -0.4 is 4.90 Å². The molecule has 0 aliphatic carbocycles. The molecule has 2 heterocycles. The zero-order valence-corrected chi connectivity index (χ0v) is 14.0. The average Bonchev–Trinajstić information content (AvgIpc) is 3.29. The minimum atomic E-state index is -4.40.